The zero-order valence-electron chi connectivity index (χ0n) is 16.6. The third-order valence-corrected chi connectivity index (χ3v) is 5.11. The maximum Gasteiger partial charge on any atom is 0.266 e. The number of halogens is 3. The van der Waals surface area contributed by atoms with Gasteiger partial charge in [0.2, 0.25) is 0 Å². The molecule has 2 N–H and O–H groups in total. The van der Waals surface area contributed by atoms with Crippen LogP contribution in [0.5, 0.6) is 0 Å². The van der Waals surface area contributed by atoms with E-state index in [0.29, 0.717) is 34.9 Å². The van der Waals surface area contributed by atoms with Crippen LogP contribution >= 0.6 is 0 Å². The summed E-state index contributed by atoms with van der Waals surface area (Å²) in [4.78, 5) is 13.2. The molecule has 3 aromatic rings. The number of aryl methyl sites for hydroxylation is 1. The first-order valence-electron chi connectivity index (χ1n) is 9.75. The highest BCUT2D eigenvalue weighted by molar-refractivity contribution is 5.90. The molecule has 1 aliphatic heterocycles. The van der Waals surface area contributed by atoms with Gasteiger partial charge in [0.1, 0.15) is 23.3 Å². The predicted octanol–water partition coefficient (Wildman–Crippen LogP) is 4.78. The average molecular weight is 417 g/mol. The van der Waals surface area contributed by atoms with Crippen LogP contribution in [0, 0.1) is 12.7 Å². The largest absolute Gasteiger partial charge is 0.376 e. The molecule has 9 heteroatoms. The van der Waals surface area contributed by atoms with Crippen molar-refractivity contribution in [3.63, 3.8) is 0 Å². The van der Waals surface area contributed by atoms with Gasteiger partial charge in [-0.05, 0) is 26.3 Å². The van der Waals surface area contributed by atoms with Gasteiger partial charge in [-0.1, -0.05) is 18.2 Å². The number of alkyl halides is 2. The zero-order valence-corrected chi connectivity index (χ0v) is 16.6. The van der Waals surface area contributed by atoms with E-state index in [0.717, 1.165) is 19.1 Å². The Kier molecular flexibility index (Phi) is 5.72. The SMILES string of the molecule is Cc1nc(N[C@H](C)c2cccc(C(F)F)c2F)c2cc(NCC3CCO3)ncc2n1. The molecule has 0 aliphatic carbocycles. The van der Waals surface area contributed by atoms with Gasteiger partial charge in [-0.15, -0.1) is 0 Å². The van der Waals surface area contributed by atoms with Crippen LogP contribution in [0.1, 0.15) is 42.8 Å². The van der Waals surface area contributed by atoms with Crippen LogP contribution in [0.3, 0.4) is 0 Å². The van der Waals surface area contributed by atoms with Crippen LogP contribution in [0.25, 0.3) is 10.9 Å². The van der Waals surface area contributed by atoms with Gasteiger partial charge in [-0.25, -0.2) is 28.1 Å². The fraction of sp³-hybridized carbons (Fsp3) is 0.381. The molecule has 158 valence electrons. The van der Waals surface area contributed by atoms with Gasteiger partial charge in [0.05, 0.1) is 29.4 Å². The molecule has 0 spiro atoms. The molecule has 0 radical (unpaired) electrons. The standard InChI is InChI=1S/C21H22F3N5O/c1-11(14-4-3-5-15(19(14)22)20(23)24)27-21-16-8-18(25-9-13-6-7-30-13)26-10-17(16)28-12(2)29-21/h3-5,8,10-11,13,20H,6-7,9H2,1-2H3,(H,25,26)(H,27,28,29)/t11-,13?/m1/s1. The second-order valence-corrected chi connectivity index (χ2v) is 7.29. The molecule has 1 aromatic carbocycles. The van der Waals surface area contributed by atoms with Crippen LogP contribution in [-0.4, -0.2) is 34.2 Å². The summed E-state index contributed by atoms with van der Waals surface area (Å²) in [5.74, 6) is 0.737. The molecular formula is C21H22F3N5O. The van der Waals surface area contributed by atoms with Gasteiger partial charge in [-0.3, -0.25) is 0 Å². The molecule has 30 heavy (non-hydrogen) atoms. The first-order chi connectivity index (χ1) is 14.4. The van der Waals surface area contributed by atoms with Gasteiger partial charge in [0, 0.05) is 24.1 Å². The highest BCUT2D eigenvalue weighted by atomic mass is 19.3. The highest BCUT2D eigenvalue weighted by Gasteiger charge is 2.21. The Labute approximate surface area is 171 Å². The lowest BCUT2D eigenvalue weighted by molar-refractivity contribution is -0.0410. The van der Waals surface area contributed by atoms with Crippen molar-refractivity contribution in [1.82, 2.24) is 15.0 Å². The van der Waals surface area contributed by atoms with Gasteiger partial charge < -0.3 is 15.4 Å². The maximum absolute atomic E-state index is 14.6. The number of hydrogen-bond donors (Lipinski definition) is 2. The molecule has 1 saturated heterocycles. The second kappa shape index (κ2) is 8.43. The molecule has 1 unspecified atom stereocenters. The Morgan fingerprint density at radius 1 is 1.23 bits per heavy atom. The van der Waals surface area contributed by atoms with E-state index in [-0.39, 0.29) is 11.7 Å². The summed E-state index contributed by atoms with van der Waals surface area (Å²) in [7, 11) is 0. The van der Waals surface area contributed by atoms with Crippen molar-refractivity contribution in [2.75, 3.05) is 23.8 Å². The number of hydrogen-bond acceptors (Lipinski definition) is 6. The van der Waals surface area contributed by atoms with E-state index in [1.165, 1.54) is 12.1 Å². The highest BCUT2D eigenvalue weighted by Crippen LogP contribution is 2.30. The molecular weight excluding hydrogens is 395 g/mol. The molecule has 4 rings (SSSR count). The molecule has 0 bridgehead atoms. The number of rotatable bonds is 7. The van der Waals surface area contributed by atoms with Crippen molar-refractivity contribution in [3.8, 4) is 0 Å². The molecule has 6 nitrogen and oxygen atoms in total. The van der Waals surface area contributed by atoms with Gasteiger partial charge in [0.25, 0.3) is 6.43 Å². The van der Waals surface area contributed by atoms with E-state index in [9.17, 15) is 13.2 Å². The fourth-order valence-electron chi connectivity index (χ4n) is 3.37. The lowest BCUT2D eigenvalue weighted by atomic mass is 10.0. The monoisotopic (exact) mass is 417 g/mol. The van der Waals surface area contributed by atoms with Crippen molar-refractivity contribution < 1.29 is 17.9 Å². The Hall–Kier alpha value is -2.94. The summed E-state index contributed by atoms with van der Waals surface area (Å²) in [6.07, 6.45) is -0.0451. The summed E-state index contributed by atoms with van der Waals surface area (Å²) in [6.45, 7) is 4.87. The van der Waals surface area contributed by atoms with Crippen LogP contribution < -0.4 is 10.6 Å². The molecule has 3 heterocycles. The molecule has 2 atom stereocenters. The summed E-state index contributed by atoms with van der Waals surface area (Å²) < 4.78 is 46.1. The van der Waals surface area contributed by atoms with E-state index in [2.05, 4.69) is 25.6 Å². The number of benzene rings is 1. The number of nitrogens with zero attached hydrogens (tertiary/aromatic N) is 3. The van der Waals surface area contributed by atoms with E-state index in [1.807, 2.05) is 6.07 Å². The van der Waals surface area contributed by atoms with E-state index in [1.54, 1.807) is 20.0 Å². The predicted molar refractivity (Wildman–Crippen MR) is 108 cm³/mol. The van der Waals surface area contributed by atoms with Crippen LogP contribution in [0.15, 0.2) is 30.5 Å². The van der Waals surface area contributed by atoms with Crippen LogP contribution in [-0.2, 0) is 4.74 Å². The van der Waals surface area contributed by atoms with Gasteiger partial charge >= 0.3 is 0 Å². The van der Waals surface area contributed by atoms with Crippen molar-refractivity contribution in [2.45, 2.75) is 38.8 Å². The van der Waals surface area contributed by atoms with E-state index in [4.69, 9.17) is 4.74 Å². The fourth-order valence-corrected chi connectivity index (χ4v) is 3.37. The van der Waals surface area contributed by atoms with Gasteiger partial charge in [-0.2, -0.15) is 0 Å². The normalized spacial score (nSPS) is 17.1. The topological polar surface area (TPSA) is 72.0 Å². The molecule has 1 aliphatic rings. The van der Waals surface area contributed by atoms with Crippen LogP contribution in [0.4, 0.5) is 24.8 Å². The minimum atomic E-state index is -2.88. The van der Waals surface area contributed by atoms with Crippen molar-refractivity contribution in [1.29, 1.82) is 0 Å². The summed E-state index contributed by atoms with van der Waals surface area (Å²) in [5, 5.41) is 7.08. The van der Waals surface area contributed by atoms with Gasteiger partial charge in [0.15, 0.2) is 0 Å². The zero-order chi connectivity index (χ0) is 21.3. The summed E-state index contributed by atoms with van der Waals surface area (Å²) in [5.41, 5.74) is 0.162. The Morgan fingerprint density at radius 3 is 2.70 bits per heavy atom. The number of nitrogens with one attached hydrogen (secondary N) is 2. The third kappa shape index (κ3) is 4.16. The van der Waals surface area contributed by atoms with Crippen molar-refractivity contribution in [3.05, 3.63) is 53.2 Å². The Bertz CT molecular complexity index is 1060. The molecule has 0 amide bonds. The first-order valence-corrected chi connectivity index (χ1v) is 9.75. The second-order valence-electron chi connectivity index (χ2n) is 7.29. The lowest BCUT2D eigenvalue weighted by Gasteiger charge is -2.26. The number of ether oxygens (including phenoxy) is 1. The smallest absolute Gasteiger partial charge is 0.266 e. The summed E-state index contributed by atoms with van der Waals surface area (Å²) in [6, 6.07) is 5.23. The number of anilines is 2. The Morgan fingerprint density at radius 2 is 2.00 bits per heavy atom. The molecule has 2 aromatic heterocycles. The molecule has 1 fully saturated rings. The van der Waals surface area contributed by atoms with Crippen LogP contribution in [0.2, 0.25) is 0 Å². The van der Waals surface area contributed by atoms with E-state index >= 15 is 0 Å². The maximum atomic E-state index is 14.6. The van der Waals surface area contributed by atoms with Crippen molar-refractivity contribution in [2.24, 2.45) is 0 Å². The third-order valence-electron chi connectivity index (χ3n) is 5.11. The minimum absolute atomic E-state index is 0.145. The Balaban J connectivity index is 1.63. The first kappa shape index (κ1) is 20.3. The van der Waals surface area contributed by atoms with Crippen molar-refractivity contribution >= 4 is 22.5 Å². The lowest BCUT2D eigenvalue weighted by Crippen LogP contribution is -2.33. The minimum Gasteiger partial charge on any atom is -0.376 e. The average Bonchev–Trinajstić information content (AvgIpc) is 2.66. The number of pyridine rings is 1. The molecule has 0 saturated carbocycles. The number of aromatic nitrogens is 3. The number of fused-ring (bicyclic) bond motifs is 1. The summed E-state index contributed by atoms with van der Waals surface area (Å²) >= 11 is 0. The van der Waals surface area contributed by atoms with E-state index < -0.39 is 23.8 Å². The quantitative estimate of drug-likeness (QED) is 0.576.